The summed E-state index contributed by atoms with van der Waals surface area (Å²) in [6.45, 7) is 20.1. The molecule has 404 valence electrons. The Labute approximate surface area is 437 Å². The van der Waals surface area contributed by atoms with E-state index in [0.29, 0.717) is 13.1 Å². The Hall–Kier alpha value is -1.14. The van der Waals surface area contributed by atoms with Crippen molar-refractivity contribution in [2.45, 2.75) is 348 Å². The highest BCUT2D eigenvalue weighted by molar-refractivity contribution is 8.93. The van der Waals surface area contributed by atoms with Crippen LogP contribution in [0, 0.1) is 0 Å². The molecule has 0 rings (SSSR count). The molecule has 0 aliphatic rings. The molecule has 0 aromatic heterocycles. The monoisotopic (exact) mass is 1020 g/mol. The van der Waals surface area contributed by atoms with Gasteiger partial charge in [-0.25, -0.2) is 0 Å². The second-order valence-corrected chi connectivity index (χ2v) is 21.5. The summed E-state index contributed by atoms with van der Waals surface area (Å²) in [6, 6.07) is 0.167. The van der Waals surface area contributed by atoms with Gasteiger partial charge in [-0.15, -0.1) is 30.1 Å². The van der Waals surface area contributed by atoms with Gasteiger partial charge in [0.2, 0.25) is 11.8 Å². The molecule has 0 aliphatic heterocycles. The molecule has 0 aliphatic carbocycles. The Morgan fingerprint density at radius 2 is 0.544 bits per heavy atom. The quantitative estimate of drug-likeness (QED) is 0.0363. The molecular weight excluding hydrogens is 899 g/mol. The number of amides is 2. The van der Waals surface area contributed by atoms with Gasteiger partial charge in [0.1, 0.15) is 0 Å². The number of unbranched alkanes of at least 4 members (excludes halogenated alkanes) is 38. The van der Waals surface area contributed by atoms with E-state index in [4.69, 9.17) is 0 Å². The van der Waals surface area contributed by atoms with Crippen molar-refractivity contribution in [1.82, 2.24) is 15.5 Å². The lowest BCUT2D eigenvalue weighted by Crippen LogP contribution is -2.66. The first kappa shape index (κ1) is 68.9. The average Bonchev–Trinajstić information content (AvgIpc) is 3.32. The van der Waals surface area contributed by atoms with Gasteiger partial charge in [0.15, 0.2) is 5.54 Å². The second kappa shape index (κ2) is 53.7. The highest BCUT2D eigenvalue weighted by Gasteiger charge is 2.47. The predicted octanol–water partition coefficient (Wildman–Crippen LogP) is 20.0. The molecule has 2 atom stereocenters. The summed E-state index contributed by atoms with van der Waals surface area (Å²) < 4.78 is 0. The molecule has 2 amide bonds. The van der Waals surface area contributed by atoms with Crippen LogP contribution in [-0.2, 0) is 9.59 Å². The van der Waals surface area contributed by atoms with E-state index in [0.717, 1.165) is 51.4 Å². The number of hydrogen-bond donors (Lipinski definition) is 2. The molecule has 0 aromatic rings. The van der Waals surface area contributed by atoms with E-state index in [9.17, 15) is 9.59 Å². The molecule has 5 nitrogen and oxygen atoms in total. The van der Waals surface area contributed by atoms with E-state index < -0.39 is 5.54 Å². The molecule has 0 aromatic carbocycles. The number of nitrogens with zero attached hydrogens (tertiary/aromatic N) is 1. The molecule has 0 saturated heterocycles. The van der Waals surface area contributed by atoms with Gasteiger partial charge in [0.05, 0.1) is 0 Å². The number of nitrogens with one attached hydrogen (secondary N) is 2. The lowest BCUT2D eigenvalue weighted by atomic mass is 9.92. The lowest BCUT2D eigenvalue weighted by Gasteiger charge is -2.39. The van der Waals surface area contributed by atoms with Gasteiger partial charge in [0, 0.05) is 25.2 Å². The maximum absolute atomic E-state index is 14.9. The molecule has 0 heterocycles. The Bertz CT molecular complexity index is 1000. The summed E-state index contributed by atoms with van der Waals surface area (Å²) in [7, 11) is 0. The first-order valence-electron chi connectivity index (χ1n) is 30.4. The number of carbonyl (C=O) groups is 2. The zero-order chi connectivity index (χ0) is 49.2. The molecule has 2 unspecified atom stereocenters. The van der Waals surface area contributed by atoms with Gasteiger partial charge in [-0.05, 0) is 32.6 Å². The molecular formula is C62H122BrN3O2. The molecule has 0 saturated carbocycles. The van der Waals surface area contributed by atoms with Crippen LogP contribution in [0.25, 0.3) is 0 Å². The van der Waals surface area contributed by atoms with Crippen LogP contribution in [0.3, 0.4) is 0 Å². The summed E-state index contributed by atoms with van der Waals surface area (Å²) in [4.78, 5) is 31.8. The van der Waals surface area contributed by atoms with Crippen LogP contribution in [0.4, 0.5) is 0 Å². The first-order valence-corrected chi connectivity index (χ1v) is 30.4. The maximum atomic E-state index is 14.9. The van der Waals surface area contributed by atoms with Crippen molar-refractivity contribution in [3.63, 3.8) is 0 Å². The van der Waals surface area contributed by atoms with Gasteiger partial charge >= 0.3 is 0 Å². The van der Waals surface area contributed by atoms with Crippen LogP contribution in [-0.4, -0.2) is 47.4 Å². The van der Waals surface area contributed by atoms with Crippen LogP contribution in [0.15, 0.2) is 25.3 Å². The van der Waals surface area contributed by atoms with Gasteiger partial charge < -0.3 is 10.6 Å². The van der Waals surface area contributed by atoms with Crippen molar-refractivity contribution in [2.24, 2.45) is 0 Å². The average molecular weight is 1020 g/mol. The van der Waals surface area contributed by atoms with Gasteiger partial charge in [-0.1, -0.05) is 310 Å². The number of hydrogen-bond acceptors (Lipinski definition) is 3. The van der Waals surface area contributed by atoms with Gasteiger partial charge in [-0.3, -0.25) is 14.5 Å². The van der Waals surface area contributed by atoms with Gasteiger partial charge in [0.25, 0.3) is 0 Å². The van der Waals surface area contributed by atoms with Crippen molar-refractivity contribution in [3.8, 4) is 0 Å². The standard InChI is InChI=1S/C62H121N3O2.BrH/c1-8-14-18-22-26-30-34-38-42-46-50-54-58(52-48-44-40-36-32-28-24-20-16-10-3)63-60(66)62(7,65(56-12-5)57-13-6)61(67)64-59(53-49-45-41-37-33-29-25-21-17-11-4)55-51-47-43-39-35-31-27-23-19-15-9-2;/h12-13,58-59H,5-6,8-11,14-57H2,1-4,7H3,(H,63,66)(H,64,67);1H. The van der Waals surface area contributed by atoms with E-state index in [1.54, 1.807) is 0 Å². The van der Waals surface area contributed by atoms with E-state index >= 15 is 0 Å². The smallest absolute Gasteiger partial charge is 0.250 e. The van der Waals surface area contributed by atoms with Crippen LogP contribution in [0.1, 0.15) is 330 Å². The summed E-state index contributed by atoms with van der Waals surface area (Å²) in [6.07, 6.45) is 62.8. The number of halogens is 1. The second-order valence-electron chi connectivity index (χ2n) is 21.5. The molecule has 0 fully saturated rings. The van der Waals surface area contributed by atoms with E-state index in [-0.39, 0.29) is 40.9 Å². The summed E-state index contributed by atoms with van der Waals surface area (Å²) in [5.74, 6) is -0.303. The minimum absolute atomic E-state index is 0. The third-order valence-electron chi connectivity index (χ3n) is 15.0. The minimum Gasteiger partial charge on any atom is -0.351 e. The molecule has 0 radical (unpaired) electrons. The van der Waals surface area contributed by atoms with Crippen molar-refractivity contribution in [2.75, 3.05) is 13.1 Å². The Balaban J connectivity index is 0. The van der Waals surface area contributed by atoms with E-state index in [1.165, 1.54) is 244 Å². The molecule has 0 spiro atoms. The Kier molecular flexibility index (Phi) is 54.4. The highest BCUT2D eigenvalue weighted by Crippen LogP contribution is 2.23. The van der Waals surface area contributed by atoms with Crippen molar-refractivity contribution < 1.29 is 9.59 Å². The minimum atomic E-state index is -1.36. The number of rotatable bonds is 55. The molecule has 2 N–H and O–H groups in total. The molecule has 68 heavy (non-hydrogen) atoms. The van der Waals surface area contributed by atoms with Crippen molar-refractivity contribution in [1.29, 1.82) is 0 Å². The van der Waals surface area contributed by atoms with Crippen LogP contribution in [0.5, 0.6) is 0 Å². The van der Waals surface area contributed by atoms with Crippen molar-refractivity contribution in [3.05, 3.63) is 25.3 Å². The zero-order valence-corrected chi connectivity index (χ0v) is 48.5. The SMILES string of the molecule is Br.C=CCN(CC=C)C(C)(C(=O)NC(CCCCCCCCCCCC)CCCCCCCCCCCCC)C(=O)NC(CCCCCCCCCCCC)CCCCCCCCCCCCC. The fourth-order valence-electron chi connectivity index (χ4n) is 10.2. The van der Waals surface area contributed by atoms with Crippen LogP contribution in [0.2, 0.25) is 0 Å². The normalized spacial score (nSPS) is 13.2. The fourth-order valence-corrected chi connectivity index (χ4v) is 10.2. The highest BCUT2D eigenvalue weighted by atomic mass is 79.9. The van der Waals surface area contributed by atoms with Crippen LogP contribution < -0.4 is 10.6 Å². The third-order valence-corrected chi connectivity index (χ3v) is 15.0. The van der Waals surface area contributed by atoms with E-state index in [2.05, 4.69) is 51.5 Å². The topological polar surface area (TPSA) is 61.4 Å². The fraction of sp³-hybridized carbons (Fsp3) is 0.903. The lowest BCUT2D eigenvalue weighted by molar-refractivity contribution is -0.145. The summed E-state index contributed by atoms with van der Waals surface area (Å²) >= 11 is 0. The number of carbonyl (C=O) groups excluding carboxylic acids is 2. The maximum Gasteiger partial charge on any atom is 0.250 e. The largest absolute Gasteiger partial charge is 0.351 e. The first-order chi connectivity index (χ1) is 32.8. The predicted molar refractivity (Wildman–Crippen MR) is 310 cm³/mol. The summed E-state index contributed by atoms with van der Waals surface area (Å²) in [5, 5.41) is 7.09. The Morgan fingerprint density at radius 1 is 0.368 bits per heavy atom. The molecule has 6 heteroatoms. The van der Waals surface area contributed by atoms with Crippen molar-refractivity contribution >= 4 is 28.8 Å². The van der Waals surface area contributed by atoms with E-state index in [1.807, 2.05) is 24.0 Å². The van der Waals surface area contributed by atoms with Crippen LogP contribution >= 0.6 is 17.0 Å². The zero-order valence-electron chi connectivity index (χ0n) is 46.8. The summed E-state index contributed by atoms with van der Waals surface area (Å²) in [5.41, 5.74) is -1.36. The Morgan fingerprint density at radius 3 is 0.721 bits per heavy atom. The van der Waals surface area contributed by atoms with Gasteiger partial charge in [-0.2, -0.15) is 0 Å². The third kappa shape index (κ3) is 40.5. The molecule has 0 bridgehead atoms.